The number of benzene rings is 2. The second-order valence-electron chi connectivity index (χ2n) is 6.72. The Hall–Kier alpha value is -3.40. The molecule has 0 saturated carbocycles. The molecule has 0 radical (unpaired) electrons. The Labute approximate surface area is 183 Å². The highest BCUT2D eigenvalue weighted by Gasteiger charge is 2.20. The van der Waals surface area contributed by atoms with E-state index in [0.717, 1.165) is 0 Å². The molecule has 9 nitrogen and oxygen atoms in total. The average molecular weight is 442 g/mol. The number of nitrogens with one attached hydrogen (secondary N) is 1. The molecule has 0 saturated heterocycles. The van der Waals surface area contributed by atoms with Crippen molar-refractivity contribution in [2.45, 2.75) is 18.2 Å². The zero-order chi connectivity index (χ0) is 21.8. The summed E-state index contributed by atoms with van der Waals surface area (Å²) >= 11 is 1.29. The first-order chi connectivity index (χ1) is 15.0. The fourth-order valence-electron chi connectivity index (χ4n) is 3.07. The number of aromatic nitrogens is 3. The van der Waals surface area contributed by atoms with E-state index in [0.29, 0.717) is 39.7 Å². The fraction of sp³-hybridized carbons (Fsp3) is 0.286. The Balaban J connectivity index is 1.35. The maximum absolute atomic E-state index is 12.3. The monoisotopic (exact) mass is 442 g/mol. The molecule has 0 fully saturated rings. The summed E-state index contributed by atoms with van der Waals surface area (Å²) in [5, 5.41) is 11.9. The number of carbonyl (C=O) groups is 1. The van der Waals surface area contributed by atoms with E-state index in [9.17, 15) is 4.79 Å². The van der Waals surface area contributed by atoms with Crippen LogP contribution in [-0.2, 0) is 11.8 Å². The number of thioether (sulfide) groups is 1. The summed E-state index contributed by atoms with van der Waals surface area (Å²) in [6, 6.07) is 12.7. The van der Waals surface area contributed by atoms with Crippen LogP contribution >= 0.6 is 11.8 Å². The van der Waals surface area contributed by atoms with Crippen molar-refractivity contribution >= 4 is 23.4 Å². The van der Waals surface area contributed by atoms with Crippen LogP contribution in [0.3, 0.4) is 0 Å². The van der Waals surface area contributed by atoms with Crippen LogP contribution < -0.4 is 24.3 Å². The smallest absolute Gasteiger partial charge is 0.234 e. The predicted molar refractivity (Wildman–Crippen MR) is 115 cm³/mol. The first-order valence-electron chi connectivity index (χ1n) is 9.56. The number of rotatable bonds is 8. The van der Waals surface area contributed by atoms with E-state index >= 15 is 0 Å². The minimum atomic E-state index is -0.356. The maximum Gasteiger partial charge on any atom is 0.234 e. The Bertz CT molecular complexity index is 1090. The lowest BCUT2D eigenvalue weighted by Gasteiger charge is -2.16. The fourth-order valence-corrected chi connectivity index (χ4v) is 3.78. The highest BCUT2D eigenvalue weighted by Crippen LogP contribution is 2.34. The first-order valence-corrected chi connectivity index (χ1v) is 10.5. The van der Waals surface area contributed by atoms with Gasteiger partial charge < -0.3 is 28.8 Å². The molecular weight excluding hydrogens is 420 g/mol. The number of hydrogen-bond donors (Lipinski definition) is 1. The molecule has 2 aromatic carbocycles. The van der Waals surface area contributed by atoms with E-state index in [1.54, 1.807) is 25.3 Å². The van der Waals surface area contributed by atoms with E-state index in [1.807, 2.05) is 42.8 Å². The quantitative estimate of drug-likeness (QED) is 0.530. The third kappa shape index (κ3) is 4.69. The van der Waals surface area contributed by atoms with Crippen molar-refractivity contribution in [2.24, 2.45) is 7.05 Å². The van der Waals surface area contributed by atoms with Gasteiger partial charge in [0.1, 0.15) is 0 Å². The normalized spacial score (nSPS) is 13.0. The molecule has 1 N–H and O–H groups in total. The second-order valence-corrected chi connectivity index (χ2v) is 7.66. The largest absolute Gasteiger partial charge is 0.493 e. The van der Waals surface area contributed by atoms with Crippen LogP contribution in [-0.4, -0.2) is 40.3 Å². The number of hydrogen-bond acceptors (Lipinski definition) is 8. The van der Waals surface area contributed by atoms with Gasteiger partial charge in [-0.25, -0.2) is 0 Å². The summed E-state index contributed by atoms with van der Waals surface area (Å²) < 4.78 is 23.7. The molecule has 1 amide bonds. The number of methoxy groups -OCH3 is 1. The number of anilines is 1. The van der Waals surface area contributed by atoms with Crippen LogP contribution in [0.25, 0.3) is 0 Å². The number of para-hydroxylation sites is 2. The molecule has 162 valence electrons. The van der Waals surface area contributed by atoms with Gasteiger partial charge in [0.05, 0.1) is 12.9 Å². The van der Waals surface area contributed by atoms with Crippen LogP contribution in [0.1, 0.15) is 18.9 Å². The average Bonchev–Trinajstić information content (AvgIpc) is 3.38. The summed E-state index contributed by atoms with van der Waals surface area (Å²) in [6.45, 7) is 2.08. The highest BCUT2D eigenvalue weighted by molar-refractivity contribution is 7.99. The lowest BCUT2D eigenvalue weighted by atomic mass is 10.3. The van der Waals surface area contributed by atoms with Gasteiger partial charge in [-0.2, -0.15) is 0 Å². The third-order valence-electron chi connectivity index (χ3n) is 4.59. The van der Waals surface area contributed by atoms with Gasteiger partial charge in [0.15, 0.2) is 40.1 Å². The molecule has 0 aliphatic carbocycles. The standard InChI is InChI=1S/C21H22N4O5S/c1-13(30-17-7-5-4-6-15(17)27-3)20-23-24-21(25(20)2)31-11-19(26)22-14-8-9-16-18(10-14)29-12-28-16/h4-10,13H,11-12H2,1-3H3,(H,22,26). The molecule has 0 bridgehead atoms. The number of nitrogens with zero attached hydrogens (tertiary/aromatic N) is 3. The first kappa shape index (κ1) is 20.9. The van der Waals surface area contributed by atoms with E-state index in [1.165, 1.54) is 11.8 Å². The van der Waals surface area contributed by atoms with E-state index in [2.05, 4.69) is 15.5 Å². The number of ether oxygens (including phenoxy) is 4. The molecule has 4 rings (SSSR count). The Morgan fingerprint density at radius 1 is 1.19 bits per heavy atom. The SMILES string of the molecule is COc1ccccc1OC(C)c1nnc(SCC(=O)Nc2ccc3c(c2)OCO3)n1C. The molecular formula is C21H22N4O5S. The van der Waals surface area contributed by atoms with Crippen molar-refractivity contribution in [3.05, 3.63) is 48.3 Å². The van der Waals surface area contributed by atoms with Crippen molar-refractivity contribution in [2.75, 3.05) is 25.0 Å². The molecule has 10 heteroatoms. The molecule has 1 aliphatic rings. The summed E-state index contributed by atoms with van der Waals surface area (Å²) in [5.74, 6) is 3.22. The van der Waals surface area contributed by atoms with Gasteiger partial charge >= 0.3 is 0 Å². The lowest BCUT2D eigenvalue weighted by Crippen LogP contribution is -2.15. The van der Waals surface area contributed by atoms with E-state index < -0.39 is 0 Å². The Kier molecular flexibility index (Phi) is 6.17. The van der Waals surface area contributed by atoms with Crippen molar-refractivity contribution in [1.82, 2.24) is 14.8 Å². The third-order valence-corrected chi connectivity index (χ3v) is 5.61. The number of fused-ring (bicyclic) bond motifs is 1. The van der Waals surface area contributed by atoms with Gasteiger partial charge in [-0.3, -0.25) is 4.79 Å². The van der Waals surface area contributed by atoms with Crippen LogP contribution in [0.15, 0.2) is 47.6 Å². The molecule has 1 unspecified atom stereocenters. The molecule has 2 heterocycles. The maximum atomic E-state index is 12.3. The topological polar surface area (TPSA) is 96.7 Å². The minimum absolute atomic E-state index is 0.160. The summed E-state index contributed by atoms with van der Waals surface area (Å²) in [4.78, 5) is 12.3. The van der Waals surface area contributed by atoms with Crippen molar-refractivity contribution in [3.63, 3.8) is 0 Å². The Morgan fingerprint density at radius 2 is 1.97 bits per heavy atom. The summed E-state index contributed by atoms with van der Waals surface area (Å²) in [7, 11) is 3.44. The van der Waals surface area contributed by atoms with Gasteiger partial charge in [0.2, 0.25) is 12.7 Å². The number of amides is 1. The van der Waals surface area contributed by atoms with Gasteiger partial charge in [0, 0.05) is 18.8 Å². The van der Waals surface area contributed by atoms with Gasteiger partial charge in [0.25, 0.3) is 0 Å². The van der Waals surface area contributed by atoms with Crippen LogP contribution in [0.4, 0.5) is 5.69 Å². The van der Waals surface area contributed by atoms with E-state index in [-0.39, 0.29) is 24.6 Å². The van der Waals surface area contributed by atoms with E-state index in [4.69, 9.17) is 18.9 Å². The highest BCUT2D eigenvalue weighted by atomic mass is 32.2. The molecule has 0 spiro atoms. The summed E-state index contributed by atoms with van der Waals surface area (Å²) in [5.41, 5.74) is 0.646. The number of carbonyl (C=O) groups excluding carboxylic acids is 1. The van der Waals surface area contributed by atoms with Crippen molar-refractivity contribution in [1.29, 1.82) is 0 Å². The predicted octanol–water partition coefficient (Wildman–Crippen LogP) is 3.42. The zero-order valence-corrected chi connectivity index (χ0v) is 18.1. The van der Waals surface area contributed by atoms with Gasteiger partial charge in [-0.15, -0.1) is 10.2 Å². The molecule has 31 heavy (non-hydrogen) atoms. The van der Waals surface area contributed by atoms with Crippen LogP contribution in [0.2, 0.25) is 0 Å². The summed E-state index contributed by atoms with van der Waals surface area (Å²) in [6.07, 6.45) is -0.356. The second kappa shape index (κ2) is 9.17. The van der Waals surface area contributed by atoms with Crippen LogP contribution in [0, 0.1) is 0 Å². The van der Waals surface area contributed by atoms with Crippen molar-refractivity contribution < 1.29 is 23.7 Å². The van der Waals surface area contributed by atoms with Crippen molar-refractivity contribution in [3.8, 4) is 23.0 Å². The molecule has 1 aromatic heterocycles. The lowest BCUT2D eigenvalue weighted by molar-refractivity contribution is -0.113. The van der Waals surface area contributed by atoms with Gasteiger partial charge in [-0.05, 0) is 31.2 Å². The van der Waals surface area contributed by atoms with Gasteiger partial charge in [-0.1, -0.05) is 23.9 Å². The molecule has 1 aliphatic heterocycles. The minimum Gasteiger partial charge on any atom is -0.493 e. The Morgan fingerprint density at radius 3 is 2.77 bits per heavy atom. The molecule has 3 aromatic rings. The zero-order valence-electron chi connectivity index (χ0n) is 17.3. The molecule has 1 atom stereocenters. The van der Waals surface area contributed by atoms with Crippen LogP contribution in [0.5, 0.6) is 23.0 Å².